The fourth-order valence-electron chi connectivity index (χ4n) is 2.66. The van der Waals surface area contributed by atoms with Crippen molar-refractivity contribution in [3.05, 3.63) is 42.4 Å². The smallest absolute Gasteiger partial charge is 0.410 e. The third kappa shape index (κ3) is 3.32. The van der Waals surface area contributed by atoms with Crippen LogP contribution in [0.3, 0.4) is 0 Å². The molecule has 0 radical (unpaired) electrons. The largest absolute Gasteiger partial charge is 0.507 e. The lowest BCUT2D eigenvalue weighted by Gasteiger charge is -2.39. The summed E-state index contributed by atoms with van der Waals surface area (Å²) in [5, 5.41) is 10.1. The number of phenols is 1. The van der Waals surface area contributed by atoms with Gasteiger partial charge in [-0.25, -0.2) is 4.79 Å². The molecule has 126 valence electrons. The molecular weight excluding hydrogens is 306 g/mol. The lowest BCUT2D eigenvalue weighted by atomic mass is 9.92. The molecule has 1 aliphatic rings. The van der Waals surface area contributed by atoms with Crippen molar-refractivity contribution in [2.24, 2.45) is 0 Å². The Morgan fingerprint density at radius 2 is 1.88 bits per heavy atom. The molecule has 24 heavy (non-hydrogen) atoms. The number of carbonyl (C=O) groups is 1. The molecule has 0 atom stereocenters. The van der Waals surface area contributed by atoms with Crippen LogP contribution in [0.15, 0.2) is 36.7 Å². The molecule has 0 bridgehead atoms. The van der Waals surface area contributed by atoms with Gasteiger partial charge in [-0.15, -0.1) is 0 Å². The van der Waals surface area contributed by atoms with Gasteiger partial charge in [-0.2, -0.15) is 0 Å². The van der Waals surface area contributed by atoms with Crippen LogP contribution in [0.1, 0.15) is 32.4 Å². The number of benzene rings is 1. The second-order valence-corrected chi connectivity index (χ2v) is 6.89. The first-order valence-electron chi connectivity index (χ1n) is 7.92. The van der Waals surface area contributed by atoms with Gasteiger partial charge in [-0.3, -0.25) is 9.97 Å². The summed E-state index contributed by atoms with van der Waals surface area (Å²) in [5.41, 5.74) is 1.59. The van der Waals surface area contributed by atoms with E-state index in [9.17, 15) is 9.90 Å². The molecule has 2 heterocycles. The van der Waals surface area contributed by atoms with Gasteiger partial charge in [0.2, 0.25) is 0 Å². The molecule has 0 saturated carbocycles. The summed E-state index contributed by atoms with van der Waals surface area (Å²) in [7, 11) is 0. The van der Waals surface area contributed by atoms with E-state index in [0.717, 1.165) is 5.69 Å². The summed E-state index contributed by atoms with van der Waals surface area (Å²) in [6, 6.07) is 7.05. The van der Waals surface area contributed by atoms with Crippen LogP contribution in [0.2, 0.25) is 0 Å². The number of aromatic nitrogens is 2. The fourth-order valence-corrected chi connectivity index (χ4v) is 2.66. The molecule has 1 aromatic carbocycles. The summed E-state index contributed by atoms with van der Waals surface area (Å²) < 4.78 is 5.37. The Kier molecular flexibility index (Phi) is 4.13. The Morgan fingerprint density at radius 3 is 2.54 bits per heavy atom. The predicted octanol–water partition coefficient (Wildman–Crippen LogP) is 3.18. The van der Waals surface area contributed by atoms with Gasteiger partial charge < -0.3 is 14.7 Å². The van der Waals surface area contributed by atoms with E-state index in [1.54, 1.807) is 29.4 Å². The average Bonchev–Trinajstić information content (AvgIpc) is 2.45. The summed E-state index contributed by atoms with van der Waals surface area (Å²) in [4.78, 5) is 22.5. The van der Waals surface area contributed by atoms with Crippen LogP contribution in [0.4, 0.5) is 4.79 Å². The Bertz CT molecular complexity index is 749. The van der Waals surface area contributed by atoms with Gasteiger partial charge in [-0.05, 0) is 32.9 Å². The highest BCUT2D eigenvalue weighted by Gasteiger charge is 2.37. The minimum absolute atomic E-state index is 0.0841. The van der Waals surface area contributed by atoms with Crippen LogP contribution in [-0.4, -0.2) is 44.8 Å². The highest BCUT2D eigenvalue weighted by atomic mass is 16.6. The summed E-state index contributed by atoms with van der Waals surface area (Å²) in [5.74, 6) is 0.253. The number of rotatable bonds is 2. The van der Waals surface area contributed by atoms with Crippen LogP contribution < -0.4 is 0 Å². The average molecular weight is 327 g/mol. The second kappa shape index (κ2) is 6.11. The number of aromatic hydroxyl groups is 1. The van der Waals surface area contributed by atoms with E-state index in [1.807, 2.05) is 32.9 Å². The maximum absolute atomic E-state index is 12.1. The summed E-state index contributed by atoms with van der Waals surface area (Å²) in [6.07, 6.45) is 2.93. The van der Waals surface area contributed by atoms with Crippen molar-refractivity contribution in [1.82, 2.24) is 14.9 Å². The van der Waals surface area contributed by atoms with Gasteiger partial charge >= 0.3 is 6.09 Å². The van der Waals surface area contributed by atoms with Crippen molar-refractivity contribution in [2.75, 3.05) is 13.1 Å². The first-order chi connectivity index (χ1) is 11.3. The number of hydrogen-bond acceptors (Lipinski definition) is 5. The molecule has 6 nitrogen and oxygen atoms in total. The maximum Gasteiger partial charge on any atom is 0.410 e. The third-order valence-electron chi connectivity index (χ3n) is 3.81. The number of para-hydroxylation sites is 1. The van der Waals surface area contributed by atoms with Gasteiger partial charge in [0.05, 0.1) is 11.4 Å². The molecule has 0 spiro atoms. The van der Waals surface area contributed by atoms with E-state index in [1.165, 1.54) is 0 Å². The van der Waals surface area contributed by atoms with E-state index < -0.39 is 5.60 Å². The molecule has 1 aromatic heterocycles. The normalized spacial score (nSPS) is 15.0. The van der Waals surface area contributed by atoms with Crippen molar-refractivity contribution in [2.45, 2.75) is 32.3 Å². The summed E-state index contributed by atoms with van der Waals surface area (Å²) >= 11 is 0. The molecule has 1 aliphatic heterocycles. The molecular formula is C18H21N3O3. The van der Waals surface area contributed by atoms with Gasteiger partial charge in [0.15, 0.2) is 0 Å². The molecule has 2 aromatic rings. The van der Waals surface area contributed by atoms with Gasteiger partial charge in [-0.1, -0.05) is 12.1 Å². The number of amides is 1. The zero-order chi connectivity index (χ0) is 17.3. The predicted molar refractivity (Wildman–Crippen MR) is 89.7 cm³/mol. The zero-order valence-electron chi connectivity index (χ0n) is 14.1. The van der Waals surface area contributed by atoms with Gasteiger partial charge in [0, 0.05) is 37.0 Å². The standard InChI is InChI=1S/C18H21N3O3/c1-18(2,3)24-17(23)21-10-12(11-21)15-16(20-9-8-19-15)13-6-4-5-7-14(13)22/h4-9,12,22H,10-11H2,1-3H3. The molecule has 0 unspecified atom stereocenters. The number of ether oxygens (including phenoxy) is 1. The first kappa shape index (κ1) is 16.2. The van der Waals surface area contributed by atoms with E-state index in [2.05, 4.69) is 9.97 Å². The first-order valence-corrected chi connectivity index (χ1v) is 7.92. The molecule has 1 N–H and O–H groups in total. The maximum atomic E-state index is 12.1. The Balaban J connectivity index is 1.77. The molecule has 3 rings (SSSR count). The minimum atomic E-state index is -0.504. The summed E-state index contributed by atoms with van der Waals surface area (Å²) in [6.45, 7) is 6.62. The van der Waals surface area contributed by atoms with Crippen molar-refractivity contribution in [3.8, 4) is 17.0 Å². The van der Waals surface area contributed by atoms with Gasteiger partial charge in [0.25, 0.3) is 0 Å². The molecule has 1 fully saturated rings. The van der Waals surface area contributed by atoms with Gasteiger partial charge in [0.1, 0.15) is 11.4 Å². The fraction of sp³-hybridized carbons (Fsp3) is 0.389. The highest BCUT2D eigenvalue weighted by Crippen LogP contribution is 2.35. The molecule has 1 amide bonds. The van der Waals surface area contributed by atoms with E-state index in [0.29, 0.717) is 24.3 Å². The van der Waals surface area contributed by atoms with Crippen molar-refractivity contribution < 1.29 is 14.6 Å². The third-order valence-corrected chi connectivity index (χ3v) is 3.81. The topological polar surface area (TPSA) is 75.5 Å². The molecule has 1 saturated heterocycles. The monoisotopic (exact) mass is 327 g/mol. The lowest BCUT2D eigenvalue weighted by Crippen LogP contribution is -2.50. The van der Waals surface area contributed by atoms with Crippen LogP contribution >= 0.6 is 0 Å². The second-order valence-electron chi connectivity index (χ2n) is 6.89. The minimum Gasteiger partial charge on any atom is -0.507 e. The van der Waals surface area contributed by atoms with Crippen molar-refractivity contribution in [3.63, 3.8) is 0 Å². The molecule has 6 heteroatoms. The van der Waals surface area contributed by atoms with E-state index in [4.69, 9.17) is 4.74 Å². The Morgan fingerprint density at radius 1 is 1.21 bits per heavy atom. The van der Waals surface area contributed by atoms with Crippen molar-refractivity contribution in [1.29, 1.82) is 0 Å². The van der Waals surface area contributed by atoms with Crippen molar-refractivity contribution >= 4 is 6.09 Å². The zero-order valence-corrected chi connectivity index (χ0v) is 14.1. The highest BCUT2D eigenvalue weighted by molar-refractivity contribution is 5.72. The Labute approximate surface area is 141 Å². The van der Waals surface area contributed by atoms with Crippen LogP contribution in [0.25, 0.3) is 11.3 Å². The number of likely N-dealkylation sites (tertiary alicyclic amines) is 1. The van der Waals surface area contributed by atoms with Crippen LogP contribution in [-0.2, 0) is 4.74 Å². The lowest BCUT2D eigenvalue weighted by molar-refractivity contribution is 0.00788. The van der Waals surface area contributed by atoms with E-state index in [-0.39, 0.29) is 17.8 Å². The number of phenolic OH excluding ortho intramolecular Hbond substituents is 1. The van der Waals surface area contributed by atoms with Crippen LogP contribution in [0.5, 0.6) is 5.75 Å². The SMILES string of the molecule is CC(C)(C)OC(=O)N1CC(c2nccnc2-c2ccccc2O)C1. The molecule has 0 aliphatic carbocycles. The number of carbonyl (C=O) groups excluding carboxylic acids is 1. The Hall–Kier alpha value is -2.63. The van der Waals surface area contributed by atoms with E-state index >= 15 is 0 Å². The quantitative estimate of drug-likeness (QED) is 0.917. The number of nitrogens with zero attached hydrogens (tertiary/aromatic N) is 3. The van der Waals surface area contributed by atoms with Crippen LogP contribution in [0, 0.1) is 0 Å². The number of hydrogen-bond donors (Lipinski definition) is 1.